The lowest BCUT2D eigenvalue weighted by molar-refractivity contribution is -0.156. The lowest BCUT2D eigenvalue weighted by Crippen LogP contribution is -2.28. The summed E-state index contributed by atoms with van der Waals surface area (Å²) in [6, 6.07) is 27.0. The minimum atomic E-state index is -0.745. The Morgan fingerprint density at radius 2 is 1.28 bits per heavy atom. The summed E-state index contributed by atoms with van der Waals surface area (Å²) in [4.78, 5) is 18.1. The van der Waals surface area contributed by atoms with Gasteiger partial charge < -0.3 is 4.74 Å². The fourth-order valence-electron chi connectivity index (χ4n) is 3.01. The SMILES string of the molecule is Cc1ccc([C@@H](N=C(c2ccccc2)c2ccccc2)C(=O)OC(C)(C)C)cc1. The zero-order valence-corrected chi connectivity index (χ0v) is 17.4. The molecule has 0 aliphatic heterocycles. The van der Waals surface area contributed by atoms with E-state index in [0.717, 1.165) is 28.0 Å². The number of carbonyl (C=O) groups excluding carboxylic acids is 1. The molecule has 0 fully saturated rings. The van der Waals surface area contributed by atoms with Gasteiger partial charge in [-0.1, -0.05) is 90.5 Å². The Morgan fingerprint density at radius 3 is 1.72 bits per heavy atom. The van der Waals surface area contributed by atoms with Gasteiger partial charge in [0.15, 0.2) is 6.04 Å². The van der Waals surface area contributed by atoms with Gasteiger partial charge in [-0.2, -0.15) is 0 Å². The molecule has 3 heteroatoms. The van der Waals surface area contributed by atoms with Crippen LogP contribution >= 0.6 is 0 Å². The van der Waals surface area contributed by atoms with Gasteiger partial charge in [0.2, 0.25) is 0 Å². The lowest BCUT2D eigenvalue weighted by Gasteiger charge is -2.23. The minimum absolute atomic E-state index is 0.356. The summed E-state index contributed by atoms with van der Waals surface area (Å²) in [6.45, 7) is 7.64. The third-order valence-electron chi connectivity index (χ3n) is 4.38. The summed E-state index contributed by atoms with van der Waals surface area (Å²) in [5.74, 6) is -0.356. The molecule has 3 nitrogen and oxygen atoms in total. The van der Waals surface area contributed by atoms with Gasteiger partial charge in [0.25, 0.3) is 0 Å². The molecule has 0 bridgehead atoms. The number of carbonyl (C=O) groups is 1. The highest BCUT2D eigenvalue weighted by Crippen LogP contribution is 2.25. The predicted molar refractivity (Wildman–Crippen MR) is 118 cm³/mol. The molecule has 0 radical (unpaired) electrons. The molecule has 0 saturated heterocycles. The zero-order chi connectivity index (χ0) is 20.9. The highest BCUT2D eigenvalue weighted by atomic mass is 16.6. The van der Waals surface area contributed by atoms with E-state index in [2.05, 4.69) is 0 Å². The maximum Gasteiger partial charge on any atom is 0.336 e. The van der Waals surface area contributed by atoms with Gasteiger partial charge in [0.05, 0.1) is 5.71 Å². The lowest BCUT2D eigenvalue weighted by atomic mass is 10.00. The van der Waals surface area contributed by atoms with Crippen LogP contribution in [0.5, 0.6) is 0 Å². The summed E-state index contributed by atoms with van der Waals surface area (Å²) in [6.07, 6.45) is 0. The van der Waals surface area contributed by atoms with Gasteiger partial charge in [-0.05, 0) is 33.3 Å². The van der Waals surface area contributed by atoms with E-state index in [9.17, 15) is 4.79 Å². The third-order valence-corrected chi connectivity index (χ3v) is 4.38. The fraction of sp³-hybridized carbons (Fsp3) is 0.231. The Morgan fingerprint density at radius 1 is 0.793 bits per heavy atom. The van der Waals surface area contributed by atoms with Crippen molar-refractivity contribution in [3.63, 3.8) is 0 Å². The van der Waals surface area contributed by atoms with E-state index in [1.807, 2.05) is 113 Å². The average molecular weight is 386 g/mol. The van der Waals surface area contributed by atoms with E-state index in [1.165, 1.54) is 0 Å². The van der Waals surface area contributed by atoms with Crippen LogP contribution in [0.4, 0.5) is 0 Å². The number of nitrogens with zero attached hydrogens (tertiary/aromatic N) is 1. The molecule has 0 aromatic heterocycles. The molecule has 3 aromatic rings. The molecule has 29 heavy (non-hydrogen) atoms. The van der Waals surface area contributed by atoms with Crippen molar-refractivity contribution in [2.45, 2.75) is 39.3 Å². The zero-order valence-electron chi connectivity index (χ0n) is 17.4. The highest BCUT2D eigenvalue weighted by Gasteiger charge is 2.27. The van der Waals surface area contributed by atoms with E-state index in [1.54, 1.807) is 0 Å². The monoisotopic (exact) mass is 385 g/mol. The normalized spacial score (nSPS) is 12.1. The van der Waals surface area contributed by atoms with Crippen LogP contribution in [-0.2, 0) is 9.53 Å². The Hall–Kier alpha value is -3.20. The molecule has 0 aliphatic carbocycles. The van der Waals surface area contributed by atoms with Crippen LogP contribution in [0.2, 0.25) is 0 Å². The second kappa shape index (κ2) is 8.87. The Labute approximate surface area is 173 Å². The van der Waals surface area contributed by atoms with Gasteiger partial charge in [0.1, 0.15) is 5.60 Å². The summed E-state index contributed by atoms with van der Waals surface area (Å²) in [7, 11) is 0. The third kappa shape index (κ3) is 5.64. The van der Waals surface area contributed by atoms with Crippen LogP contribution in [0.15, 0.2) is 89.9 Å². The van der Waals surface area contributed by atoms with Crippen molar-refractivity contribution in [1.82, 2.24) is 0 Å². The van der Waals surface area contributed by atoms with Crippen LogP contribution < -0.4 is 0 Å². The van der Waals surface area contributed by atoms with E-state index >= 15 is 0 Å². The second-order valence-electron chi connectivity index (χ2n) is 8.06. The Balaban J connectivity index is 2.14. The minimum Gasteiger partial charge on any atom is -0.458 e. The van der Waals surface area contributed by atoms with Crippen LogP contribution in [0.1, 0.15) is 49.1 Å². The van der Waals surface area contributed by atoms with Gasteiger partial charge in [0, 0.05) is 11.1 Å². The van der Waals surface area contributed by atoms with Crippen molar-refractivity contribution in [1.29, 1.82) is 0 Å². The Kier molecular flexibility index (Phi) is 6.28. The molecule has 3 rings (SSSR count). The number of aliphatic imine (C=N–C) groups is 1. The van der Waals surface area contributed by atoms with Crippen molar-refractivity contribution >= 4 is 11.7 Å². The summed E-state index contributed by atoms with van der Waals surface area (Å²) in [5.41, 5.74) is 4.04. The van der Waals surface area contributed by atoms with E-state index in [0.29, 0.717) is 0 Å². The van der Waals surface area contributed by atoms with Crippen molar-refractivity contribution in [2.24, 2.45) is 4.99 Å². The predicted octanol–water partition coefficient (Wildman–Crippen LogP) is 5.92. The molecular formula is C26H27NO2. The number of hydrogen-bond donors (Lipinski definition) is 0. The largest absolute Gasteiger partial charge is 0.458 e. The molecule has 148 valence electrons. The van der Waals surface area contributed by atoms with Crippen LogP contribution in [0, 0.1) is 6.92 Å². The summed E-state index contributed by atoms with van der Waals surface area (Å²) in [5, 5.41) is 0. The molecule has 1 atom stereocenters. The van der Waals surface area contributed by atoms with E-state index in [4.69, 9.17) is 9.73 Å². The molecule has 0 saturated carbocycles. The standard InChI is InChI=1S/C26H27NO2/c1-19-15-17-22(18-16-19)24(25(28)29-26(2,3)4)27-23(20-11-7-5-8-12-20)21-13-9-6-10-14-21/h5-18,24H,1-4H3/t24-/m1/s1. The van der Waals surface area contributed by atoms with E-state index < -0.39 is 11.6 Å². The van der Waals surface area contributed by atoms with Crippen LogP contribution in [-0.4, -0.2) is 17.3 Å². The molecular weight excluding hydrogens is 358 g/mol. The van der Waals surface area contributed by atoms with Crippen molar-refractivity contribution < 1.29 is 9.53 Å². The molecule has 3 aromatic carbocycles. The first-order valence-corrected chi connectivity index (χ1v) is 9.81. The van der Waals surface area contributed by atoms with Gasteiger partial charge in [-0.15, -0.1) is 0 Å². The fourth-order valence-corrected chi connectivity index (χ4v) is 3.01. The first kappa shape index (κ1) is 20.5. The first-order valence-electron chi connectivity index (χ1n) is 9.81. The molecule has 0 aliphatic rings. The quantitative estimate of drug-likeness (QED) is 0.404. The maximum atomic E-state index is 13.1. The molecule has 0 unspecified atom stereocenters. The summed E-state index contributed by atoms with van der Waals surface area (Å²) >= 11 is 0. The topological polar surface area (TPSA) is 38.7 Å². The molecule has 0 heterocycles. The van der Waals surface area contributed by atoms with E-state index in [-0.39, 0.29) is 5.97 Å². The number of benzene rings is 3. The first-order chi connectivity index (χ1) is 13.8. The van der Waals surface area contributed by atoms with Crippen molar-refractivity contribution in [3.8, 4) is 0 Å². The Bertz CT molecular complexity index is 927. The molecule has 0 N–H and O–H groups in total. The smallest absolute Gasteiger partial charge is 0.336 e. The second-order valence-corrected chi connectivity index (χ2v) is 8.06. The number of ether oxygens (including phenoxy) is 1. The maximum absolute atomic E-state index is 13.1. The van der Waals surface area contributed by atoms with Gasteiger partial charge in [-0.25, -0.2) is 4.79 Å². The van der Waals surface area contributed by atoms with Gasteiger partial charge >= 0.3 is 5.97 Å². The van der Waals surface area contributed by atoms with Crippen LogP contribution in [0.25, 0.3) is 0 Å². The highest BCUT2D eigenvalue weighted by molar-refractivity contribution is 6.13. The van der Waals surface area contributed by atoms with Gasteiger partial charge in [-0.3, -0.25) is 4.99 Å². The van der Waals surface area contributed by atoms with Crippen LogP contribution in [0.3, 0.4) is 0 Å². The number of hydrogen-bond acceptors (Lipinski definition) is 3. The number of rotatable bonds is 5. The molecule has 0 spiro atoms. The van der Waals surface area contributed by atoms with Crippen molar-refractivity contribution in [3.05, 3.63) is 107 Å². The van der Waals surface area contributed by atoms with Crippen molar-refractivity contribution in [2.75, 3.05) is 0 Å². The summed E-state index contributed by atoms with van der Waals surface area (Å²) < 4.78 is 5.71. The number of aryl methyl sites for hydroxylation is 1. The molecule has 0 amide bonds. The average Bonchev–Trinajstić information content (AvgIpc) is 2.70. The number of esters is 1.